The molecule has 1 saturated carbocycles. The van der Waals surface area contributed by atoms with Crippen LogP contribution in [0.4, 0.5) is 0 Å². The van der Waals surface area contributed by atoms with Gasteiger partial charge in [-0.25, -0.2) is 4.79 Å². The lowest BCUT2D eigenvalue weighted by Gasteiger charge is -2.30. The van der Waals surface area contributed by atoms with Crippen molar-refractivity contribution in [3.63, 3.8) is 0 Å². The highest BCUT2D eigenvalue weighted by Gasteiger charge is 2.38. The number of methoxy groups -OCH3 is 1. The zero-order valence-electron chi connectivity index (χ0n) is 17.8. The maximum Gasteiger partial charge on any atom is 0.331 e. The maximum absolute atomic E-state index is 12.3. The third kappa shape index (κ3) is 5.77. The van der Waals surface area contributed by atoms with E-state index in [4.69, 9.17) is 9.26 Å². The second-order valence-corrected chi connectivity index (χ2v) is 7.91. The molecule has 1 fully saturated rings. The lowest BCUT2D eigenvalue weighted by Crippen LogP contribution is -2.52. The minimum Gasteiger partial charge on any atom is -0.467 e. The van der Waals surface area contributed by atoms with Crippen LogP contribution in [0, 0.1) is 0 Å². The summed E-state index contributed by atoms with van der Waals surface area (Å²) >= 11 is 0. The Kier molecular flexibility index (Phi) is 7.75. The number of rotatable bonds is 8. The van der Waals surface area contributed by atoms with E-state index in [0.29, 0.717) is 18.1 Å². The number of carbonyl (C=O) groups is 3. The van der Waals surface area contributed by atoms with Crippen molar-refractivity contribution in [1.82, 2.24) is 20.8 Å². The van der Waals surface area contributed by atoms with Gasteiger partial charge in [0.1, 0.15) is 11.1 Å². The summed E-state index contributed by atoms with van der Waals surface area (Å²) in [7, 11) is 1.29. The standard InChI is InChI=1S/C20H32N4O5/c1-5-19(3,18(27)28-4)23-15(26)10-11-16-21-17(24-29-16)20(22-14(2)25)12-8-6-7-9-13-20/h5-13H2,1-4H3,(H,22,25)(H,23,26)/t19-/m0/s1. The van der Waals surface area contributed by atoms with Crippen molar-refractivity contribution < 1.29 is 23.6 Å². The zero-order chi connectivity index (χ0) is 21.5. The Morgan fingerprint density at radius 2 is 1.86 bits per heavy atom. The average molecular weight is 408 g/mol. The Labute approximate surface area is 171 Å². The molecule has 9 nitrogen and oxygen atoms in total. The minimum absolute atomic E-state index is 0.0986. The Morgan fingerprint density at radius 3 is 2.41 bits per heavy atom. The van der Waals surface area contributed by atoms with Gasteiger partial charge in [0, 0.05) is 19.8 Å². The highest BCUT2D eigenvalue weighted by molar-refractivity contribution is 5.87. The van der Waals surface area contributed by atoms with Crippen molar-refractivity contribution in [1.29, 1.82) is 0 Å². The number of esters is 1. The van der Waals surface area contributed by atoms with Gasteiger partial charge in [-0.3, -0.25) is 9.59 Å². The molecule has 1 atom stereocenters. The molecule has 0 unspecified atom stereocenters. The van der Waals surface area contributed by atoms with Gasteiger partial charge in [-0.15, -0.1) is 0 Å². The van der Waals surface area contributed by atoms with Gasteiger partial charge in [-0.2, -0.15) is 4.98 Å². The van der Waals surface area contributed by atoms with Crippen LogP contribution in [0.15, 0.2) is 4.52 Å². The Morgan fingerprint density at radius 1 is 1.21 bits per heavy atom. The summed E-state index contributed by atoms with van der Waals surface area (Å²) < 4.78 is 10.1. The summed E-state index contributed by atoms with van der Waals surface area (Å²) in [5, 5.41) is 9.86. The van der Waals surface area contributed by atoms with Crippen molar-refractivity contribution in [2.45, 2.75) is 89.6 Å². The number of ether oxygens (including phenoxy) is 1. The summed E-state index contributed by atoms with van der Waals surface area (Å²) in [5.74, 6) is -0.109. The summed E-state index contributed by atoms with van der Waals surface area (Å²) in [4.78, 5) is 40.5. The second-order valence-electron chi connectivity index (χ2n) is 7.91. The van der Waals surface area contributed by atoms with Gasteiger partial charge in [0.25, 0.3) is 0 Å². The molecular weight excluding hydrogens is 376 g/mol. The van der Waals surface area contributed by atoms with Crippen LogP contribution in [0.5, 0.6) is 0 Å². The van der Waals surface area contributed by atoms with Crippen LogP contribution in [-0.2, 0) is 31.1 Å². The smallest absolute Gasteiger partial charge is 0.331 e. The molecule has 0 aliphatic heterocycles. The molecule has 9 heteroatoms. The first-order valence-corrected chi connectivity index (χ1v) is 10.3. The number of carbonyl (C=O) groups excluding carboxylic acids is 3. The van der Waals surface area contributed by atoms with E-state index in [-0.39, 0.29) is 24.7 Å². The van der Waals surface area contributed by atoms with Crippen molar-refractivity contribution in [2.24, 2.45) is 0 Å². The van der Waals surface area contributed by atoms with Crippen LogP contribution in [0.1, 0.15) is 83.9 Å². The Balaban J connectivity index is 2.04. The highest BCUT2D eigenvalue weighted by Crippen LogP contribution is 2.34. The molecule has 2 N–H and O–H groups in total. The van der Waals surface area contributed by atoms with E-state index < -0.39 is 17.0 Å². The number of hydrogen-bond donors (Lipinski definition) is 2. The quantitative estimate of drug-likeness (QED) is 0.499. The van der Waals surface area contributed by atoms with Crippen molar-refractivity contribution in [3.05, 3.63) is 11.7 Å². The van der Waals surface area contributed by atoms with Gasteiger partial charge in [0.15, 0.2) is 5.82 Å². The normalized spacial score (nSPS) is 18.2. The van der Waals surface area contributed by atoms with Crippen molar-refractivity contribution >= 4 is 17.8 Å². The lowest BCUT2D eigenvalue weighted by atomic mass is 9.89. The van der Waals surface area contributed by atoms with E-state index in [1.54, 1.807) is 13.8 Å². The van der Waals surface area contributed by atoms with E-state index >= 15 is 0 Å². The topological polar surface area (TPSA) is 123 Å². The number of hydrogen-bond acceptors (Lipinski definition) is 7. The van der Waals surface area contributed by atoms with E-state index in [1.807, 2.05) is 0 Å². The minimum atomic E-state index is -1.07. The SMILES string of the molecule is CC[C@](C)(NC(=O)CCc1nc(C2(NC(C)=O)CCCCCC2)no1)C(=O)OC. The molecule has 1 heterocycles. The van der Waals surface area contributed by atoms with Crippen molar-refractivity contribution in [3.8, 4) is 0 Å². The molecular formula is C20H32N4O5. The first-order valence-electron chi connectivity index (χ1n) is 10.3. The van der Waals surface area contributed by atoms with Crippen LogP contribution in [0.3, 0.4) is 0 Å². The molecule has 1 aromatic rings. The van der Waals surface area contributed by atoms with Crippen LogP contribution < -0.4 is 10.6 Å². The Hall–Kier alpha value is -2.45. The summed E-state index contributed by atoms with van der Waals surface area (Å²) in [6, 6.07) is 0. The molecule has 0 radical (unpaired) electrons. The molecule has 162 valence electrons. The average Bonchev–Trinajstić information content (AvgIpc) is 3.05. The van der Waals surface area contributed by atoms with E-state index in [0.717, 1.165) is 38.5 Å². The molecule has 2 rings (SSSR count). The van der Waals surface area contributed by atoms with Gasteiger partial charge in [0.05, 0.1) is 7.11 Å². The summed E-state index contributed by atoms with van der Waals surface area (Å²) in [6.07, 6.45) is 6.48. The lowest BCUT2D eigenvalue weighted by molar-refractivity contribution is -0.150. The van der Waals surface area contributed by atoms with Crippen LogP contribution >= 0.6 is 0 Å². The van der Waals surface area contributed by atoms with Gasteiger partial charge in [0.2, 0.25) is 17.7 Å². The van der Waals surface area contributed by atoms with Gasteiger partial charge in [-0.1, -0.05) is 37.8 Å². The molecule has 1 aliphatic rings. The first-order chi connectivity index (χ1) is 13.7. The number of aromatic nitrogens is 2. The van der Waals surface area contributed by atoms with E-state index in [2.05, 4.69) is 20.8 Å². The van der Waals surface area contributed by atoms with Gasteiger partial charge >= 0.3 is 5.97 Å². The van der Waals surface area contributed by atoms with Gasteiger partial charge < -0.3 is 19.9 Å². The molecule has 29 heavy (non-hydrogen) atoms. The van der Waals surface area contributed by atoms with Crippen LogP contribution in [-0.4, -0.2) is 40.6 Å². The van der Waals surface area contributed by atoms with E-state index in [1.165, 1.54) is 14.0 Å². The maximum atomic E-state index is 12.3. The Bertz CT molecular complexity index is 724. The second kappa shape index (κ2) is 9.84. The van der Waals surface area contributed by atoms with Crippen LogP contribution in [0.25, 0.3) is 0 Å². The predicted octanol–water partition coefficient (Wildman–Crippen LogP) is 2.15. The fraction of sp³-hybridized carbons (Fsp3) is 0.750. The molecule has 1 aliphatic carbocycles. The highest BCUT2D eigenvalue weighted by atomic mass is 16.5. The monoisotopic (exact) mass is 408 g/mol. The molecule has 0 bridgehead atoms. The fourth-order valence-electron chi connectivity index (χ4n) is 3.72. The largest absolute Gasteiger partial charge is 0.467 e. The molecule has 1 aromatic heterocycles. The summed E-state index contributed by atoms with van der Waals surface area (Å²) in [5.41, 5.74) is -1.68. The zero-order valence-corrected chi connectivity index (χ0v) is 17.8. The fourth-order valence-corrected chi connectivity index (χ4v) is 3.72. The first kappa shape index (κ1) is 22.8. The molecule has 0 spiro atoms. The van der Waals surface area contributed by atoms with Gasteiger partial charge in [-0.05, 0) is 26.2 Å². The van der Waals surface area contributed by atoms with Crippen molar-refractivity contribution in [2.75, 3.05) is 7.11 Å². The molecule has 0 aromatic carbocycles. The number of nitrogens with zero attached hydrogens (tertiary/aromatic N) is 2. The third-order valence-corrected chi connectivity index (χ3v) is 5.59. The number of nitrogens with one attached hydrogen (secondary N) is 2. The number of aryl methyl sites for hydroxylation is 1. The molecule has 2 amide bonds. The number of amides is 2. The molecule has 0 saturated heterocycles. The van der Waals surface area contributed by atoms with Crippen LogP contribution in [0.2, 0.25) is 0 Å². The van der Waals surface area contributed by atoms with E-state index in [9.17, 15) is 14.4 Å². The predicted molar refractivity (Wildman–Crippen MR) is 105 cm³/mol. The third-order valence-electron chi connectivity index (χ3n) is 5.59. The summed E-state index contributed by atoms with van der Waals surface area (Å²) in [6.45, 7) is 4.92.